The van der Waals surface area contributed by atoms with Gasteiger partial charge in [-0.25, -0.2) is 17.1 Å². The number of carbonyl (C=O) groups is 2. The Morgan fingerprint density at radius 3 is 2.29 bits per heavy atom. The lowest BCUT2D eigenvalue weighted by atomic mass is 9.95. The first kappa shape index (κ1) is 25.5. The molecule has 1 N–H and O–H groups in total. The average Bonchev–Trinajstić information content (AvgIpc) is 3.04. The van der Waals surface area contributed by atoms with Crippen LogP contribution in [0.25, 0.3) is 5.76 Å². The lowest BCUT2D eigenvalue weighted by Gasteiger charge is -2.26. The first-order valence-corrected chi connectivity index (χ1v) is 12.1. The molecular weight excluding hydrogens is 461 g/mol. The van der Waals surface area contributed by atoms with Crippen molar-refractivity contribution in [1.82, 2.24) is 14.1 Å². The van der Waals surface area contributed by atoms with E-state index >= 15 is 0 Å². The number of rotatable bonds is 8. The molecule has 0 aliphatic carbocycles. The average molecular weight is 490 g/mol. The summed E-state index contributed by atoms with van der Waals surface area (Å²) in [7, 11) is 2.76. The number of benzene rings is 2. The van der Waals surface area contributed by atoms with Gasteiger partial charge in [0.1, 0.15) is 11.6 Å². The summed E-state index contributed by atoms with van der Waals surface area (Å²) in [5.41, 5.74) is 0.381. The molecule has 0 unspecified atom stereocenters. The van der Waals surface area contributed by atoms with Crippen LogP contribution in [0.2, 0.25) is 0 Å². The van der Waals surface area contributed by atoms with Crippen LogP contribution in [-0.4, -0.2) is 80.6 Å². The van der Waals surface area contributed by atoms with Gasteiger partial charge < -0.3 is 14.9 Å². The number of ketones is 1. The highest BCUT2D eigenvalue weighted by Gasteiger charge is 2.45. The molecule has 1 aliphatic rings. The minimum atomic E-state index is -3.79. The van der Waals surface area contributed by atoms with Crippen molar-refractivity contribution in [2.24, 2.45) is 0 Å². The highest BCUT2D eigenvalue weighted by Crippen LogP contribution is 2.39. The predicted octanol–water partition coefficient (Wildman–Crippen LogP) is 2.45. The summed E-state index contributed by atoms with van der Waals surface area (Å²) in [5.74, 6) is -2.61. The summed E-state index contributed by atoms with van der Waals surface area (Å²) >= 11 is 0. The van der Waals surface area contributed by atoms with Gasteiger partial charge in [-0.05, 0) is 56.9 Å². The number of carbonyl (C=O) groups excluding carboxylic acids is 2. The summed E-state index contributed by atoms with van der Waals surface area (Å²) in [4.78, 5) is 29.2. The van der Waals surface area contributed by atoms with Crippen LogP contribution >= 0.6 is 0 Å². The number of aliphatic hydroxyl groups is 1. The minimum absolute atomic E-state index is 0.0694. The van der Waals surface area contributed by atoms with Gasteiger partial charge in [0.25, 0.3) is 11.7 Å². The topological polar surface area (TPSA) is 98.2 Å². The van der Waals surface area contributed by atoms with E-state index in [0.717, 1.165) is 4.31 Å². The normalized spacial score (nSPS) is 18.3. The number of hydrogen-bond acceptors (Lipinski definition) is 6. The SMILES string of the molecule is CN(C)CCCN1C(=O)C(=O)C(=C(O)c2cccc(S(=O)(=O)N(C)C)c2)[C@@H]1c1ccc(F)cc1. The van der Waals surface area contributed by atoms with Gasteiger partial charge in [0.05, 0.1) is 16.5 Å². The second-order valence-corrected chi connectivity index (χ2v) is 10.7. The Labute approximate surface area is 198 Å². The Bertz CT molecular complexity index is 1220. The monoisotopic (exact) mass is 489 g/mol. The summed E-state index contributed by atoms with van der Waals surface area (Å²) in [5, 5.41) is 11.1. The molecule has 1 saturated heterocycles. The standard InChI is InChI=1S/C24H28FN3O5S/c1-26(2)13-6-14-28-21(16-9-11-18(25)12-10-16)20(23(30)24(28)31)22(29)17-7-5-8-19(15-17)34(32,33)27(3)4/h5,7-12,15,21,29H,6,13-14H2,1-4H3/t21-/m0/s1. The molecule has 8 nitrogen and oxygen atoms in total. The molecule has 34 heavy (non-hydrogen) atoms. The largest absolute Gasteiger partial charge is 0.507 e. The van der Waals surface area contributed by atoms with Crippen LogP contribution in [0, 0.1) is 5.82 Å². The van der Waals surface area contributed by atoms with Gasteiger partial charge in [-0.3, -0.25) is 9.59 Å². The predicted molar refractivity (Wildman–Crippen MR) is 126 cm³/mol. The number of hydrogen-bond donors (Lipinski definition) is 1. The molecule has 0 radical (unpaired) electrons. The van der Waals surface area contributed by atoms with Gasteiger partial charge in [0, 0.05) is 26.2 Å². The maximum absolute atomic E-state index is 13.6. The van der Waals surface area contributed by atoms with Crippen LogP contribution in [0.1, 0.15) is 23.6 Å². The van der Waals surface area contributed by atoms with Crippen molar-refractivity contribution in [2.75, 3.05) is 41.3 Å². The number of nitrogens with zero attached hydrogens (tertiary/aromatic N) is 3. The molecule has 1 atom stereocenters. The molecule has 182 valence electrons. The number of sulfonamides is 1. The van der Waals surface area contributed by atoms with E-state index < -0.39 is 39.3 Å². The molecular formula is C24H28FN3O5S. The zero-order valence-electron chi connectivity index (χ0n) is 19.5. The Hall–Kier alpha value is -3.08. The second kappa shape index (κ2) is 10.0. The van der Waals surface area contributed by atoms with E-state index in [0.29, 0.717) is 18.5 Å². The van der Waals surface area contributed by atoms with Crippen LogP contribution in [0.3, 0.4) is 0 Å². The zero-order valence-corrected chi connectivity index (χ0v) is 20.3. The molecule has 1 fully saturated rings. The smallest absolute Gasteiger partial charge is 0.295 e. The van der Waals surface area contributed by atoms with Gasteiger partial charge in [0.15, 0.2) is 0 Å². The molecule has 10 heteroatoms. The highest BCUT2D eigenvalue weighted by atomic mass is 32.2. The fourth-order valence-corrected chi connectivity index (χ4v) is 4.78. The van der Waals surface area contributed by atoms with E-state index in [1.54, 1.807) is 0 Å². The maximum Gasteiger partial charge on any atom is 0.295 e. The minimum Gasteiger partial charge on any atom is -0.507 e. The first-order valence-electron chi connectivity index (χ1n) is 10.7. The Morgan fingerprint density at radius 1 is 1.06 bits per heavy atom. The van der Waals surface area contributed by atoms with E-state index in [-0.39, 0.29) is 22.6 Å². The van der Waals surface area contributed by atoms with Crippen molar-refractivity contribution < 1.29 is 27.5 Å². The summed E-state index contributed by atoms with van der Waals surface area (Å²) in [6.45, 7) is 0.917. The molecule has 1 amide bonds. The van der Waals surface area contributed by atoms with E-state index in [4.69, 9.17) is 0 Å². The lowest BCUT2D eigenvalue weighted by molar-refractivity contribution is -0.139. The van der Waals surface area contributed by atoms with Crippen molar-refractivity contribution in [3.63, 3.8) is 0 Å². The quantitative estimate of drug-likeness (QED) is 0.348. The third-order valence-electron chi connectivity index (χ3n) is 5.62. The van der Waals surface area contributed by atoms with E-state index in [9.17, 15) is 27.5 Å². The highest BCUT2D eigenvalue weighted by molar-refractivity contribution is 7.89. The van der Waals surface area contributed by atoms with Gasteiger partial charge in [-0.15, -0.1) is 0 Å². The van der Waals surface area contributed by atoms with E-state index in [1.807, 2.05) is 19.0 Å². The number of halogens is 1. The summed E-state index contributed by atoms with van der Waals surface area (Å²) in [6.07, 6.45) is 0.578. The number of likely N-dealkylation sites (tertiary alicyclic amines) is 1. The third-order valence-corrected chi connectivity index (χ3v) is 7.43. The fraction of sp³-hybridized carbons (Fsp3) is 0.333. The first-order chi connectivity index (χ1) is 15.9. The molecule has 0 aromatic heterocycles. The van der Waals surface area contributed by atoms with E-state index in [1.165, 1.54) is 67.5 Å². The van der Waals surface area contributed by atoms with Crippen molar-refractivity contribution in [2.45, 2.75) is 17.4 Å². The van der Waals surface area contributed by atoms with Crippen molar-refractivity contribution in [1.29, 1.82) is 0 Å². The fourth-order valence-electron chi connectivity index (χ4n) is 3.83. The van der Waals surface area contributed by atoms with Crippen LogP contribution < -0.4 is 0 Å². The van der Waals surface area contributed by atoms with Gasteiger partial charge in [-0.2, -0.15) is 0 Å². The van der Waals surface area contributed by atoms with E-state index in [2.05, 4.69) is 0 Å². The van der Waals surface area contributed by atoms with Gasteiger partial charge >= 0.3 is 0 Å². The van der Waals surface area contributed by atoms with Crippen molar-refractivity contribution in [3.05, 3.63) is 71.0 Å². The number of amides is 1. The van der Waals surface area contributed by atoms with Crippen molar-refractivity contribution >= 4 is 27.5 Å². The summed E-state index contributed by atoms with van der Waals surface area (Å²) < 4.78 is 39.7. The number of Topliss-reactive ketones (excluding diaryl/α,β-unsaturated/α-hetero) is 1. The summed E-state index contributed by atoms with van der Waals surface area (Å²) in [6, 6.07) is 9.98. The van der Waals surface area contributed by atoms with Crippen LogP contribution in [0.5, 0.6) is 0 Å². The lowest BCUT2D eigenvalue weighted by Crippen LogP contribution is -2.32. The van der Waals surface area contributed by atoms with Gasteiger partial charge in [0.2, 0.25) is 10.0 Å². The van der Waals surface area contributed by atoms with Crippen LogP contribution in [0.4, 0.5) is 4.39 Å². The maximum atomic E-state index is 13.6. The Balaban J connectivity index is 2.14. The molecule has 1 aliphatic heterocycles. The molecule has 1 heterocycles. The molecule has 0 spiro atoms. The molecule has 2 aromatic carbocycles. The molecule has 2 aromatic rings. The zero-order chi connectivity index (χ0) is 25.2. The van der Waals surface area contributed by atoms with Gasteiger partial charge in [-0.1, -0.05) is 24.3 Å². The van der Waals surface area contributed by atoms with Crippen molar-refractivity contribution in [3.8, 4) is 0 Å². The molecule has 3 rings (SSSR count). The Kier molecular flexibility index (Phi) is 7.54. The Morgan fingerprint density at radius 2 is 1.71 bits per heavy atom. The van der Waals surface area contributed by atoms with Crippen LogP contribution in [0.15, 0.2) is 59.0 Å². The third kappa shape index (κ3) is 5.03. The van der Waals surface area contributed by atoms with Crippen LogP contribution in [-0.2, 0) is 19.6 Å². The number of aliphatic hydroxyl groups excluding tert-OH is 1. The second-order valence-electron chi connectivity index (χ2n) is 8.52. The molecule has 0 bridgehead atoms. The molecule has 0 saturated carbocycles.